The monoisotopic (exact) mass is 341 g/mol. The number of phenolic OH excluding ortho intramolecular Hbond substituents is 1. The molecule has 8 heteroatoms. The highest BCUT2D eigenvalue weighted by atomic mass is 16.6. The summed E-state index contributed by atoms with van der Waals surface area (Å²) in [5, 5.41) is 24.7. The maximum atomic E-state index is 11.2. The van der Waals surface area contributed by atoms with Crippen LogP contribution in [0.1, 0.15) is 0 Å². The first-order chi connectivity index (χ1) is 12.0. The van der Waals surface area contributed by atoms with Crippen LogP contribution in [0.4, 0.5) is 17.1 Å². The van der Waals surface area contributed by atoms with Crippen molar-refractivity contribution in [1.82, 2.24) is 4.98 Å². The average molecular weight is 341 g/mol. The topological polar surface area (TPSA) is 107 Å². The zero-order valence-corrected chi connectivity index (χ0v) is 13.5. The molecule has 0 aliphatic heterocycles. The SMILES string of the molecule is COc1ccc(Nc2ccnc3c(OC)cc([N+](=O)[O-])cc23)cc1O. The molecule has 1 heterocycles. The number of hydrogen-bond donors (Lipinski definition) is 2. The maximum Gasteiger partial charge on any atom is 0.273 e. The summed E-state index contributed by atoms with van der Waals surface area (Å²) in [5.74, 6) is 0.641. The molecule has 0 amide bonds. The lowest BCUT2D eigenvalue weighted by molar-refractivity contribution is -0.384. The van der Waals surface area contributed by atoms with Crippen molar-refractivity contribution in [3.8, 4) is 17.2 Å². The first-order valence-electron chi connectivity index (χ1n) is 7.28. The molecular weight excluding hydrogens is 326 g/mol. The second-order valence-electron chi connectivity index (χ2n) is 5.17. The van der Waals surface area contributed by atoms with Gasteiger partial charge in [-0.15, -0.1) is 0 Å². The Kier molecular flexibility index (Phi) is 4.25. The Hall–Kier alpha value is -3.55. The molecule has 25 heavy (non-hydrogen) atoms. The number of aromatic nitrogens is 1. The normalized spacial score (nSPS) is 10.5. The summed E-state index contributed by atoms with van der Waals surface area (Å²) in [6.07, 6.45) is 1.57. The van der Waals surface area contributed by atoms with Crippen LogP contribution in [-0.2, 0) is 0 Å². The van der Waals surface area contributed by atoms with Crippen molar-refractivity contribution >= 4 is 28.0 Å². The van der Waals surface area contributed by atoms with E-state index in [1.807, 2.05) is 0 Å². The van der Waals surface area contributed by atoms with Crippen molar-refractivity contribution < 1.29 is 19.5 Å². The van der Waals surface area contributed by atoms with E-state index in [0.717, 1.165) is 0 Å². The molecule has 0 aliphatic carbocycles. The minimum absolute atomic E-state index is 0.0191. The summed E-state index contributed by atoms with van der Waals surface area (Å²) >= 11 is 0. The number of nitro benzene ring substituents is 1. The summed E-state index contributed by atoms with van der Waals surface area (Å²) in [6.45, 7) is 0. The number of phenols is 1. The molecule has 0 saturated heterocycles. The van der Waals surface area contributed by atoms with Crippen LogP contribution >= 0.6 is 0 Å². The molecule has 1 aromatic heterocycles. The Balaban J connectivity index is 2.11. The number of aromatic hydroxyl groups is 1. The molecule has 0 aliphatic rings. The van der Waals surface area contributed by atoms with Crippen LogP contribution in [0.2, 0.25) is 0 Å². The van der Waals surface area contributed by atoms with Crippen molar-refractivity contribution in [2.24, 2.45) is 0 Å². The van der Waals surface area contributed by atoms with Gasteiger partial charge in [-0.25, -0.2) is 0 Å². The van der Waals surface area contributed by atoms with E-state index in [0.29, 0.717) is 33.8 Å². The first-order valence-corrected chi connectivity index (χ1v) is 7.28. The highest BCUT2D eigenvalue weighted by Gasteiger charge is 2.16. The lowest BCUT2D eigenvalue weighted by atomic mass is 10.1. The third kappa shape index (κ3) is 3.09. The van der Waals surface area contributed by atoms with Gasteiger partial charge in [-0.3, -0.25) is 15.1 Å². The molecule has 0 spiro atoms. The number of hydrogen-bond acceptors (Lipinski definition) is 7. The second-order valence-corrected chi connectivity index (χ2v) is 5.17. The Bertz CT molecular complexity index is 958. The summed E-state index contributed by atoms with van der Waals surface area (Å²) in [5.41, 5.74) is 1.58. The molecular formula is C17H15N3O5. The van der Waals surface area contributed by atoms with Gasteiger partial charge in [0, 0.05) is 35.1 Å². The highest BCUT2D eigenvalue weighted by Crippen LogP contribution is 2.36. The van der Waals surface area contributed by atoms with Crippen molar-refractivity contribution in [2.75, 3.05) is 19.5 Å². The van der Waals surface area contributed by atoms with Crippen LogP contribution in [0.25, 0.3) is 10.9 Å². The smallest absolute Gasteiger partial charge is 0.273 e. The molecule has 0 unspecified atom stereocenters. The van der Waals surface area contributed by atoms with Crippen molar-refractivity contribution in [3.05, 3.63) is 52.7 Å². The number of anilines is 2. The molecule has 8 nitrogen and oxygen atoms in total. The number of methoxy groups -OCH3 is 2. The number of fused-ring (bicyclic) bond motifs is 1. The lowest BCUT2D eigenvalue weighted by Crippen LogP contribution is -1.97. The van der Waals surface area contributed by atoms with Gasteiger partial charge in [-0.1, -0.05) is 0 Å². The number of nitro groups is 1. The number of pyridine rings is 1. The van der Waals surface area contributed by atoms with Gasteiger partial charge in [0.25, 0.3) is 5.69 Å². The van der Waals surface area contributed by atoms with E-state index in [1.54, 1.807) is 24.4 Å². The number of nitrogens with one attached hydrogen (secondary N) is 1. The molecule has 3 rings (SSSR count). The van der Waals surface area contributed by atoms with Crippen LogP contribution in [0.15, 0.2) is 42.6 Å². The third-order valence-electron chi connectivity index (χ3n) is 3.68. The second kappa shape index (κ2) is 6.52. The predicted octanol–water partition coefficient (Wildman–Crippen LogP) is 3.61. The van der Waals surface area contributed by atoms with E-state index in [9.17, 15) is 15.2 Å². The van der Waals surface area contributed by atoms with Crippen LogP contribution < -0.4 is 14.8 Å². The van der Waals surface area contributed by atoms with Gasteiger partial charge in [-0.2, -0.15) is 0 Å². The molecule has 2 aromatic carbocycles. The lowest BCUT2D eigenvalue weighted by Gasteiger charge is -2.12. The van der Waals surface area contributed by atoms with Crippen molar-refractivity contribution in [3.63, 3.8) is 0 Å². The van der Waals surface area contributed by atoms with E-state index in [1.165, 1.54) is 32.4 Å². The average Bonchev–Trinajstić information content (AvgIpc) is 2.61. The number of ether oxygens (including phenoxy) is 2. The van der Waals surface area contributed by atoms with Crippen LogP contribution in [0, 0.1) is 10.1 Å². The van der Waals surface area contributed by atoms with Gasteiger partial charge >= 0.3 is 0 Å². The minimum atomic E-state index is -0.488. The fraction of sp³-hybridized carbons (Fsp3) is 0.118. The first kappa shape index (κ1) is 16.3. The van der Waals surface area contributed by atoms with E-state index >= 15 is 0 Å². The molecule has 0 radical (unpaired) electrons. The zero-order valence-electron chi connectivity index (χ0n) is 13.5. The van der Waals surface area contributed by atoms with Crippen LogP contribution in [0.3, 0.4) is 0 Å². The van der Waals surface area contributed by atoms with Crippen LogP contribution in [0.5, 0.6) is 17.2 Å². The van der Waals surface area contributed by atoms with E-state index in [2.05, 4.69) is 10.3 Å². The van der Waals surface area contributed by atoms with Gasteiger partial charge in [0.05, 0.1) is 25.2 Å². The molecule has 0 fully saturated rings. The molecule has 2 N–H and O–H groups in total. The molecule has 0 bridgehead atoms. The van der Waals surface area contributed by atoms with Gasteiger partial charge in [-0.05, 0) is 18.2 Å². The molecule has 3 aromatic rings. The Labute approximate surface area is 142 Å². The third-order valence-corrected chi connectivity index (χ3v) is 3.68. The van der Waals surface area contributed by atoms with E-state index in [4.69, 9.17) is 9.47 Å². The summed E-state index contributed by atoms with van der Waals surface area (Å²) in [4.78, 5) is 14.9. The van der Waals surface area contributed by atoms with E-state index < -0.39 is 4.92 Å². The van der Waals surface area contributed by atoms with Gasteiger partial charge in [0.2, 0.25) is 0 Å². The zero-order chi connectivity index (χ0) is 18.0. The van der Waals surface area contributed by atoms with Crippen LogP contribution in [-0.4, -0.2) is 29.2 Å². The fourth-order valence-electron chi connectivity index (χ4n) is 2.50. The van der Waals surface area contributed by atoms with Gasteiger partial charge < -0.3 is 19.9 Å². The molecule has 0 atom stereocenters. The van der Waals surface area contributed by atoms with E-state index in [-0.39, 0.29) is 11.4 Å². The standard InChI is InChI=1S/C17H15N3O5/c1-24-15-4-3-10(7-14(15)21)19-13-5-6-18-17-12(13)8-11(20(22)23)9-16(17)25-2/h3-9,21H,1-2H3,(H,18,19). The minimum Gasteiger partial charge on any atom is -0.504 e. The fourth-order valence-corrected chi connectivity index (χ4v) is 2.50. The summed E-state index contributed by atoms with van der Waals surface area (Å²) < 4.78 is 10.2. The summed E-state index contributed by atoms with van der Waals surface area (Å²) in [6, 6.07) is 9.28. The summed E-state index contributed by atoms with van der Waals surface area (Å²) in [7, 11) is 2.89. The van der Waals surface area contributed by atoms with Gasteiger partial charge in [0.15, 0.2) is 17.2 Å². The predicted molar refractivity (Wildman–Crippen MR) is 92.9 cm³/mol. The van der Waals surface area contributed by atoms with Gasteiger partial charge in [0.1, 0.15) is 5.52 Å². The molecule has 0 saturated carbocycles. The number of benzene rings is 2. The Morgan fingerprint density at radius 2 is 1.88 bits per heavy atom. The Morgan fingerprint density at radius 3 is 2.52 bits per heavy atom. The highest BCUT2D eigenvalue weighted by molar-refractivity contribution is 5.97. The molecule has 128 valence electrons. The number of rotatable bonds is 5. The Morgan fingerprint density at radius 1 is 1.12 bits per heavy atom. The number of non-ortho nitro benzene ring substituents is 1. The maximum absolute atomic E-state index is 11.2. The quantitative estimate of drug-likeness (QED) is 0.539. The van der Waals surface area contributed by atoms with Crippen molar-refractivity contribution in [2.45, 2.75) is 0 Å². The number of nitrogens with zero attached hydrogens (tertiary/aromatic N) is 2. The van der Waals surface area contributed by atoms with Crippen molar-refractivity contribution in [1.29, 1.82) is 0 Å². The largest absolute Gasteiger partial charge is 0.504 e.